The van der Waals surface area contributed by atoms with Crippen molar-refractivity contribution in [1.29, 1.82) is 0 Å². The molecule has 3 rings (SSSR count). The van der Waals surface area contributed by atoms with Gasteiger partial charge in [0.05, 0.1) is 17.5 Å². The van der Waals surface area contributed by atoms with Gasteiger partial charge in [-0.25, -0.2) is 8.42 Å². The summed E-state index contributed by atoms with van der Waals surface area (Å²) in [6.45, 7) is 11.5. The second kappa shape index (κ2) is 10.3. The summed E-state index contributed by atoms with van der Waals surface area (Å²) in [5, 5.41) is 0.0246. The van der Waals surface area contributed by atoms with Crippen molar-refractivity contribution in [1.82, 2.24) is 4.31 Å². The van der Waals surface area contributed by atoms with Gasteiger partial charge in [0.15, 0.2) is 8.32 Å². The fraction of sp³-hybridized carbons (Fsp3) is 0.333. The third-order valence-corrected chi connectivity index (χ3v) is 12.8. The van der Waals surface area contributed by atoms with E-state index < -0.39 is 24.4 Å². The summed E-state index contributed by atoms with van der Waals surface area (Å²) in [7, 11) is -5.88. The van der Waals surface area contributed by atoms with Crippen LogP contribution < -0.4 is 0 Å². The SMILES string of the molecule is CC(C)(C)[Si](C)(C)OC[C@@H](c1ccccc1)N(Cc1ccccc1)S(=O)(=O)c1ccccc1. The summed E-state index contributed by atoms with van der Waals surface area (Å²) in [4.78, 5) is 0.286. The molecule has 0 aromatic heterocycles. The van der Waals surface area contributed by atoms with E-state index in [1.807, 2.05) is 66.7 Å². The van der Waals surface area contributed by atoms with Crippen molar-refractivity contribution in [3.8, 4) is 0 Å². The van der Waals surface area contributed by atoms with E-state index in [0.717, 1.165) is 11.1 Å². The molecule has 0 N–H and O–H groups in total. The summed E-state index contributed by atoms with van der Waals surface area (Å²) < 4.78 is 36.1. The van der Waals surface area contributed by atoms with E-state index in [4.69, 9.17) is 4.43 Å². The van der Waals surface area contributed by atoms with Gasteiger partial charge < -0.3 is 4.43 Å². The highest BCUT2D eigenvalue weighted by Gasteiger charge is 2.40. The molecule has 0 aliphatic rings. The molecule has 0 unspecified atom stereocenters. The van der Waals surface area contributed by atoms with E-state index in [-0.39, 0.29) is 16.5 Å². The van der Waals surface area contributed by atoms with Gasteiger partial charge in [-0.05, 0) is 41.4 Å². The Morgan fingerprint density at radius 1 is 0.818 bits per heavy atom. The van der Waals surface area contributed by atoms with Gasteiger partial charge in [0, 0.05) is 6.54 Å². The Hall–Kier alpha value is -2.25. The minimum Gasteiger partial charge on any atom is -0.415 e. The van der Waals surface area contributed by atoms with Crippen LogP contribution in [0.25, 0.3) is 0 Å². The van der Waals surface area contributed by atoms with Crippen molar-refractivity contribution in [2.45, 2.75) is 56.4 Å². The second-order valence-corrected chi connectivity index (χ2v) is 16.5. The van der Waals surface area contributed by atoms with Crippen molar-refractivity contribution >= 4 is 18.3 Å². The molecule has 0 bridgehead atoms. The Morgan fingerprint density at radius 3 is 1.82 bits per heavy atom. The van der Waals surface area contributed by atoms with E-state index in [9.17, 15) is 8.42 Å². The van der Waals surface area contributed by atoms with Crippen molar-refractivity contribution in [3.63, 3.8) is 0 Å². The number of benzene rings is 3. The summed E-state index contributed by atoms with van der Waals surface area (Å²) >= 11 is 0. The normalized spacial score (nSPS) is 13.8. The monoisotopic (exact) mass is 481 g/mol. The summed E-state index contributed by atoms with van der Waals surface area (Å²) in [6, 6.07) is 27.8. The van der Waals surface area contributed by atoms with Crippen LogP contribution in [0.3, 0.4) is 0 Å². The summed E-state index contributed by atoms with van der Waals surface area (Å²) in [5.41, 5.74) is 1.86. The predicted molar refractivity (Wildman–Crippen MR) is 138 cm³/mol. The molecule has 0 aliphatic heterocycles. The fourth-order valence-electron chi connectivity index (χ4n) is 3.38. The maximum absolute atomic E-state index is 14.0. The molecule has 0 amide bonds. The third-order valence-electron chi connectivity index (χ3n) is 6.47. The van der Waals surface area contributed by atoms with Crippen LogP contribution in [0, 0.1) is 0 Å². The van der Waals surface area contributed by atoms with Gasteiger partial charge >= 0.3 is 0 Å². The number of sulfonamides is 1. The molecule has 33 heavy (non-hydrogen) atoms. The molecule has 3 aromatic carbocycles. The lowest BCUT2D eigenvalue weighted by atomic mass is 10.1. The summed E-state index contributed by atoms with van der Waals surface area (Å²) in [5.74, 6) is 0. The molecule has 0 saturated heterocycles. The minimum absolute atomic E-state index is 0.0246. The third kappa shape index (κ3) is 6.21. The van der Waals surface area contributed by atoms with E-state index in [1.54, 1.807) is 28.6 Å². The molecular formula is C27H35NO3SSi. The van der Waals surface area contributed by atoms with Crippen molar-refractivity contribution in [2.24, 2.45) is 0 Å². The van der Waals surface area contributed by atoms with E-state index in [1.165, 1.54) is 0 Å². The van der Waals surface area contributed by atoms with Crippen LogP contribution in [-0.2, 0) is 21.0 Å². The molecular weight excluding hydrogens is 446 g/mol. The van der Waals surface area contributed by atoms with Crippen LogP contribution in [0.2, 0.25) is 18.1 Å². The second-order valence-electron chi connectivity index (χ2n) is 9.85. The van der Waals surface area contributed by atoms with E-state index >= 15 is 0 Å². The number of hydrogen-bond donors (Lipinski definition) is 0. The van der Waals surface area contributed by atoms with Gasteiger partial charge in [0.1, 0.15) is 0 Å². The van der Waals surface area contributed by atoms with E-state index in [0.29, 0.717) is 6.61 Å². The molecule has 176 valence electrons. The maximum atomic E-state index is 14.0. The van der Waals surface area contributed by atoms with Crippen LogP contribution >= 0.6 is 0 Å². The first-order valence-corrected chi connectivity index (χ1v) is 15.7. The van der Waals surface area contributed by atoms with Gasteiger partial charge in [-0.3, -0.25) is 0 Å². The number of hydrogen-bond acceptors (Lipinski definition) is 3. The highest BCUT2D eigenvalue weighted by molar-refractivity contribution is 7.89. The molecule has 3 aromatic rings. The highest BCUT2D eigenvalue weighted by atomic mass is 32.2. The Kier molecular flexibility index (Phi) is 7.95. The first-order chi connectivity index (χ1) is 15.5. The molecule has 0 saturated carbocycles. The number of rotatable bonds is 9. The lowest BCUT2D eigenvalue weighted by molar-refractivity contribution is 0.187. The fourth-order valence-corrected chi connectivity index (χ4v) is 5.99. The van der Waals surface area contributed by atoms with Gasteiger partial charge in [0.25, 0.3) is 0 Å². The Labute approximate surface area is 200 Å². The van der Waals surface area contributed by atoms with E-state index in [2.05, 4.69) is 33.9 Å². The van der Waals surface area contributed by atoms with Gasteiger partial charge in [-0.2, -0.15) is 4.31 Å². The van der Waals surface area contributed by atoms with Crippen LogP contribution in [0.4, 0.5) is 0 Å². The van der Waals surface area contributed by atoms with Gasteiger partial charge in [-0.15, -0.1) is 0 Å². The molecule has 0 spiro atoms. The Bertz CT molecular complexity index is 1110. The standard InChI is InChI=1S/C27H35NO3SSi/c1-27(2,3)33(4,5)31-22-26(24-17-11-7-12-18-24)28(21-23-15-9-6-10-16-23)32(29,30)25-19-13-8-14-20-25/h6-20,26H,21-22H2,1-5H3/t26-/m0/s1. The lowest BCUT2D eigenvalue weighted by Crippen LogP contribution is -2.44. The van der Waals surface area contributed by atoms with Crippen LogP contribution in [0.1, 0.15) is 37.9 Å². The van der Waals surface area contributed by atoms with Crippen LogP contribution in [-0.4, -0.2) is 27.6 Å². The first kappa shape index (κ1) is 25.4. The quantitative estimate of drug-likeness (QED) is 0.322. The van der Waals surface area contributed by atoms with Gasteiger partial charge in [-0.1, -0.05) is 99.6 Å². The molecule has 6 heteroatoms. The molecule has 1 atom stereocenters. The van der Waals surface area contributed by atoms with Gasteiger partial charge in [0.2, 0.25) is 10.0 Å². The highest BCUT2D eigenvalue weighted by Crippen LogP contribution is 2.38. The topological polar surface area (TPSA) is 46.6 Å². The van der Waals surface area contributed by atoms with Crippen molar-refractivity contribution < 1.29 is 12.8 Å². The molecule has 0 radical (unpaired) electrons. The largest absolute Gasteiger partial charge is 0.415 e. The minimum atomic E-state index is -3.78. The predicted octanol–water partition coefficient (Wildman–Crippen LogP) is 6.64. The number of nitrogens with zero attached hydrogens (tertiary/aromatic N) is 1. The van der Waals surface area contributed by atoms with Crippen LogP contribution in [0.5, 0.6) is 0 Å². The lowest BCUT2D eigenvalue weighted by Gasteiger charge is -2.39. The molecule has 0 fully saturated rings. The average molecular weight is 482 g/mol. The molecule has 4 nitrogen and oxygen atoms in total. The zero-order valence-electron chi connectivity index (χ0n) is 20.2. The molecule has 0 aliphatic carbocycles. The van der Waals surface area contributed by atoms with Crippen molar-refractivity contribution in [3.05, 3.63) is 102 Å². The zero-order valence-corrected chi connectivity index (χ0v) is 22.0. The maximum Gasteiger partial charge on any atom is 0.244 e. The van der Waals surface area contributed by atoms with Crippen LogP contribution in [0.15, 0.2) is 95.9 Å². The smallest absolute Gasteiger partial charge is 0.244 e. The average Bonchev–Trinajstić information content (AvgIpc) is 2.79. The Balaban J connectivity index is 2.09. The first-order valence-electron chi connectivity index (χ1n) is 11.3. The summed E-state index contributed by atoms with van der Waals surface area (Å²) in [6.07, 6.45) is 0. The zero-order chi connectivity index (χ0) is 24.1. The van der Waals surface area contributed by atoms with Crippen molar-refractivity contribution in [2.75, 3.05) is 6.61 Å². The Morgan fingerprint density at radius 2 is 1.30 bits per heavy atom. The molecule has 0 heterocycles.